The third-order valence-electron chi connectivity index (χ3n) is 4.05. The van der Waals surface area contributed by atoms with Crippen LogP contribution >= 0.6 is 0 Å². The number of hydrogen-bond acceptors (Lipinski definition) is 2. The lowest BCUT2D eigenvalue weighted by Gasteiger charge is -2.20. The van der Waals surface area contributed by atoms with E-state index < -0.39 is 0 Å². The van der Waals surface area contributed by atoms with E-state index in [1.807, 2.05) is 6.20 Å². The van der Waals surface area contributed by atoms with Crippen molar-refractivity contribution in [1.29, 1.82) is 0 Å². The van der Waals surface area contributed by atoms with Crippen LogP contribution in [0.5, 0.6) is 0 Å². The van der Waals surface area contributed by atoms with Gasteiger partial charge in [-0.2, -0.15) is 5.10 Å². The van der Waals surface area contributed by atoms with E-state index in [1.165, 1.54) is 18.4 Å². The Hall–Kier alpha value is -2.29. The first-order valence-corrected chi connectivity index (χ1v) is 7.15. The van der Waals surface area contributed by atoms with Gasteiger partial charge < -0.3 is 5.32 Å². The molecule has 0 amide bonds. The predicted octanol–water partition coefficient (Wildman–Crippen LogP) is 4.13. The van der Waals surface area contributed by atoms with Crippen molar-refractivity contribution in [2.75, 3.05) is 5.32 Å². The molecule has 100 valence electrons. The molecular weight excluding hydrogens is 246 g/mol. The number of anilines is 1. The minimum absolute atomic E-state index is 0.400. The monoisotopic (exact) mass is 263 g/mol. The zero-order chi connectivity index (χ0) is 13.4. The van der Waals surface area contributed by atoms with Crippen LogP contribution in [0.15, 0.2) is 54.7 Å². The molecule has 1 saturated carbocycles. The normalized spacial score (nSPS) is 16.2. The maximum absolute atomic E-state index is 4.14. The molecule has 2 aromatic carbocycles. The maximum atomic E-state index is 4.14. The van der Waals surface area contributed by atoms with Crippen LogP contribution in [-0.4, -0.2) is 10.2 Å². The van der Waals surface area contributed by atoms with Crippen LogP contribution < -0.4 is 5.32 Å². The SMILES string of the molecule is c1ccc(C(Nc2cccc3[nH]ncc23)C2CC2)cc1. The molecule has 0 radical (unpaired) electrons. The molecule has 1 fully saturated rings. The van der Waals surface area contributed by atoms with Crippen LogP contribution in [0.3, 0.4) is 0 Å². The van der Waals surface area contributed by atoms with Gasteiger partial charge in [-0.25, -0.2) is 0 Å². The van der Waals surface area contributed by atoms with Gasteiger partial charge in [0.05, 0.1) is 17.8 Å². The number of nitrogens with zero attached hydrogens (tertiary/aromatic N) is 1. The molecule has 3 heteroatoms. The Morgan fingerprint density at radius 2 is 1.90 bits per heavy atom. The zero-order valence-corrected chi connectivity index (χ0v) is 11.2. The lowest BCUT2D eigenvalue weighted by Crippen LogP contribution is -2.12. The number of nitrogens with one attached hydrogen (secondary N) is 2. The number of hydrogen-bond donors (Lipinski definition) is 2. The van der Waals surface area contributed by atoms with Crippen molar-refractivity contribution in [3.8, 4) is 0 Å². The lowest BCUT2D eigenvalue weighted by molar-refractivity contribution is 0.680. The summed E-state index contributed by atoms with van der Waals surface area (Å²) in [6, 6.07) is 17.4. The number of H-pyrrole nitrogens is 1. The van der Waals surface area contributed by atoms with Gasteiger partial charge in [0.2, 0.25) is 0 Å². The fourth-order valence-electron chi connectivity index (χ4n) is 2.82. The third kappa shape index (κ3) is 2.05. The Kier molecular flexibility index (Phi) is 2.69. The minimum atomic E-state index is 0.400. The first kappa shape index (κ1) is 11.5. The minimum Gasteiger partial charge on any atom is -0.377 e. The van der Waals surface area contributed by atoms with Crippen LogP contribution in [-0.2, 0) is 0 Å². The number of aromatic nitrogens is 2. The van der Waals surface area contributed by atoms with Crippen LogP contribution in [0, 0.1) is 5.92 Å². The van der Waals surface area contributed by atoms with Crippen molar-refractivity contribution in [3.05, 3.63) is 60.3 Å². The lowest BCUT2D eigenvalue weighted by atomic mass is 10.0. The molecule has 1 atom stereocenters. The Bertz CT molecular complexity index is 713. The van der Waals surface area contributed by atoms with Crippen LogP contribution in [0.1, 0.15) is 24.4 Å². The number of fused-ring (bicyclic) bond motifs is 1. The van der Waals surface area contributed by atoms with E-state index in [9.17, 15) is 0 Å². The topological polar surface area (TPSA) is 40.7 Å². The van der Waals surface area contributed by atoms with Gasteiger partial charge in [0, 0.05) is 11.1 Å². The summed E-state index contributed by atoms with van der Waals surface area (Å²) in [5.74, 6) is 0.750. The summed E-state index contributed by atoms with van der Waals surface area (Å²) < 4.78 is 0. The average molecular weight is 263 g/mol. The molecular formula is C17H17N3. The molecule has 1 aliphatic rings. The number of benzene rings is 2. The molecule has 2 N–H and O–H groups in total. The first-order valence-electron chi connectivity index (χ1n) is 7.15. The van der Waals surface area contributed by atoms with E-state index >= 15 is 0 Å². The van der Waals surface area contributed by atoms with Crippen molar-refractivity contribution >= 4 is 16.6 Å². The van der Waals surface area contributed by atoms with Crippen molar-refractivity contribution in [2.45, 2.75) is 18.9 Å². The van der Waals surface area contributed by atoms with Gasteiger partial charge in [-0.05, 0) is 36.5 Å². The third-order valence-corrected chi connectivity index (χ3v) is 4.05. The van der Waals surface area contributed by atoms with Crippen molar-refractivity contribution in [3.63, 3.8) is 0 Å². The van der Waals surface area contributed by atoms with Gasteiger partial charge in [0.15, 0.2) is 0 Å². The average Bonchev–Trinajstić information content (AvgIpc) is 3.22. The fourth-order valence-corrected chi connectivity index (χ4v) is 2.82. The molecule has 1 heterocycles. The van der Waals surface area contributed by atoms with E-state index in [0.717, 1.165) is 22.5 Å². The molecule has 1 aromatic heterocycles. The van der Waals surface area contributed by atoms with E-state index in [2.05, 4.69) is 64.0 Å². The van der Waals surface area contributed by atoms with Crippen LogP contribution in [0.25, 0.3) is 10.9 Å². The summed E-state index contributed by atoms with van der Waals surface area (Å²) in [7, 11) is 0. The standard InChI is InChI=1S/C17H17N3/c1-2-5-12(6-3-1)17(13-9-10-13)19-15-7-4-8-16-14(15)11-18-20-16/h1-8,11,13,17,19H,9-10H2,(H,18,20). The summed E-state index contributed by atoms with van der Waals surface area (Å²) in [4.78, 5) is 0. The maximum Gasteiger partial charge on any atom is 0.0671 e. The molecule has 20 heavy (non-hydrogen) atoms. The van der Waals surface area contributed by atoms with E-state index in [1.54, 1.807) is 0 Å². The van der Waals surface area contributed by atoms with Gasteiger partial charge in [0.25, 0.3) is 0 Å². The molecule has 3 nitrogen and oxygen atoms in total. The van der Waals surface area contributed by atoms with Gasteiger partial charge >= 0.3 is 0 Å². The molecule has 0 saturated heterocycles. The summed E-state index contributed by atoms with van der Waals surface area (Å²) in [5.41, 5.74) is 3.62. The van der Waals surface area contributed by atoms with E-state index in [0.29, 0.717) is 6.04 Å². The Morgan fingerprint density at radius 3 is 2.70 bits per heavy atom. The zero-order valence-electron chi connectivity index (χ0n) is 11.2. The highest BCUT2D eigenvalue weighted by Gasteiger charge is 2.32. The summed E-state index contributed by atoms with van der Waals surface area (Å²) in [5, 5.41) is 12.1. The second-order valence-electron chi connectivity index (χ2n) is 5.51. The second-order valence-corrected chi connectivity index (χ2v) is 5.51. The molecule has 0 bridgehead atoms. The van der Waals surface area contributed by atoms with Gasteiger partial charge in [-0.3, -0.25) is 5.10 Å². The van der Waals surface area contributed by atoms with E-state index in [4.69, 9.17) is 0 Å². The van der Waals surface area contributed by atoms with Crippen LogP contribution in [0.2, 0.25) is 0 Å². The second kappa shape index (κ2) is 4.67. The first-order chi connectivity index (χ1) is 9.92. The number of aromatic amines is 1. The van der Waals surface area contributed by atoms with Crippen molar-refractivity contribution in [2.24, 2.45) is 5.92 Å². The summed E-state index contributed by atoms with van der Waals surface area (Å²) >= 11 is 0. The Morgan fingerprint density at radius 1 is 1.05 bits per heavy atom. The van der Waals surface area contributed by atoms with Gasteiger partial charge in [-0.1, -0.05) is 36.4 Å². The molecule has 1 aliphatic carbocycles. The molecule has 4 rings (SSSR count). The van der Waals surface area contributed by atoms with Gasteiger partial charge in [-0.15, -0.1) is 0 Å². The predicted molar refractivity (Wildman–Crippen MR) is 81.6 cm³/mol. The number of rotatable bonds is 4. The highest BCUT2D eigenvalue weighted by molar-refractivity contribution is 5.91. The van der Waals surface area contributed by atoms with Crippen molar-refractivity contribution in [1.82, 2.24) is 10.2 Å². The van der Waals surface area contributed by atoms with E-state index in [-0.39, 0.29) is 0 Å². The highest BCUT2D eigenvalue weighted by Crippen LogP contribution is 2.43. The Balaban J connectivity index is 1.70. The van der Waals surface area contributed by atoms with Gasteiger partial charge in [0.1, 0.15) is 0 Å². The van der Waals surface area contributed by atoms with Crippen LogP contribution in [0.4, 0.5) is 5.69 Å². The Labute approximate surface area is 118 Å². The highest BCUT2D eigenvalue weighted by atomic mass is 15.1. The fraction of sp³-hybridized carbons (Fsp3) is 0.235. The molecule has 1 unspecified atom stereocenters. The quantitative estimate of drug-likeness (QED) is 0.743. The molecule has 0 spiro atoms. The molecule has 3 aromatic rings. The molecule has 0 aliphatic heterocycles. The largest absolute Gasteiger partial charge is 0.377 e. The van der Waals surface area contributed by atoms with Crippen molar-refractivity contribution < 1.29 is 0 Å². The smallest absolute Gasteiger partial charge is 0.0671 e. The summed E-state index contributed by atoms with van der Waals surface area (Å²) in [6.07, 6.45) is 4.52. The summed E-state index contributed by atoms with van der Waals surface area (Å²) in [6.45, 7) is 0.